The lowest BCUT2D eigenvalue weighted by Gasteiger charge is -2.14. The zero-order valence-electron chi connectivity index (χ0n) is 11.4. The van der Waals surface area contributed by atoms with Crippen molar-refractivity contribution in [2.45, 2.75) is 12.4 Å². The zero-order valence-corrected chi connectivity index (χ0v) is 13.8. The van der Waals surface area contributed by atoms with E-state index >= 15 is 0 Å². The summed E-state index contributed by atoms with van der Waals surface area (Å²) in [7, 11) is -5.56. The topological polar surface area (TPSA) is 67.8 Å². The predicted molar refractivity (Wildman–Crippen MR) is 81.7 cm³/mol. The van der Waals surface area contributed by atoms with Crippen LogP contribution in [0.1, 0.15) is 12.5 Å². The Morgan fingerprint density at radius 3 is 2.64 bits per heavy atom. The number of halogens is 4. The van der Waals surface area contributed by atoms with E-state index in [1.807, 2.05) is 0 Å². The molecule has 5 nitrogen and oxygen atoms in total. The third kappa shape index (κ3) is 4.96. The molecule has 0 radical (unpaired) electrons. The Bertz CT molecular complexity index is 663. The highest BCUT2D eigenvalue weighted by atomic mass is 35.5. The lowest BCUT2D eigenvalue weighted by Crippen LogP contribution is -2.30. The molecule has 0 heterocycles. The third-order valence-electron chi connectivity index (χ3n) is 2.29. The maximum absolute atomic E-state index is 12.5. The Kier molecular flexibility index (Phi) is 6.38. The van der Waals surface area contributed by atoms with Gasteiger partial charge in [-0.3, -0.25) is 4.72 Å². The zero-order chi connectivity index (χ0) is 17.0. The molecule has 1 rings (SSSR count). The maximum Gasteiger partial charge on any atom is 0.516 e. The summed E-state index contributed by atoms with van der Waals surface area (Å²) in [6, 6.07) is 3.81. The van der Waals surface area contributed by atoms with E-state index < -0.39 is 15.5 Å². The Morgan fingerprint density at radius 1 is 1.45 bits per heavy atom. The van der Waals surface area contributed by atoms with Crippen molar-refractivity contribution >= 4 is 44.8 Å². The van der Waals surface area contributed by atoms with Gasteiger partial charge in [-0.15, -0.1) is 11.8 Å². The Morgan fingerprint density at radius 2 is 2.09 bits per heavy atom. The van der Waals surface area contributed by atoms with Gasteiger partial charge in [0.15, 0.2) is 5.94 Å². The average molecular weight is 377 g/mol. The van der Waals surface area contributed by atoms with Crippen LogP contribution in [0, 0.1) is 0 Å². The van der Waals surface area contributed by atoms with Gasteiger partial charge in [-0.2, -0.15) is 21.6 Å². The minimum atomic E-state index is -5.56. The predicted octanol–water partition coefficient (Wildman–Crippen LogP) is 3.66. The molecular formula is C11H12ClF3N2O3S2. The normalized spacial score (nSPS) is 13.1. The summed E-state index contributed by atoms with van der Waals surface area (Å²) in [5, 5.41) is 3.77. The Labute approximate surface area is 134 Å². The van der Waals surface area contributed by atoms with Gasteiger partial charge in [-0.25, -0.2) is 0 Å². The number of anilines is 1. The third-order valence-corrected chi connectivity index (χ3v) is 3.97. The van der Waals surface area contributed by atoms with Crippen LogP contribution in [0.25, 0.3) is 0 Å². The summed E-state index contributed by atoms with van der Waals surface area (Å²) in [4.78, 5) is 4.90. The van der Waals surface area contributed by atoms with Gasteiger partial charge in [0.25, 0.3) is 0 Å². The molecule has 11 heteroatoms. The number of nitrogens with zero attached hydrogens (tertiary/aromatic N) is 1. The van der Waals surface area contributed by atoms with Crippen LogP contribution in [0.3, 0.4) is 0 Å². The van der Waals surface area contributed by atoms with E-state index in [-0.39, 0.29) is 27.9 Å². The molecule has 0 saturated heterocycles. The SMILES string of the molecule is CSCO/N=C(\C)c1ccc(Cl)cc1NS(=O)(=O)C(F)(F)F. The van der Waals surface area contributed by atoms with Crippen molar-refractivity contribution in [3.63, 3.8) is 0 Å². The fourth-order valence-electron chi connectivity index (χ4n) is 1.34. The fourth-order valence-corrected chi connectivity index (χ4v) is 2.25. The second kappa shape index (κ2) is 7.42. The minimum absolute atomic E-state index is 0.0708. The van der Waals surface area contributed by atoms with Gasteiger partial charge in [0.2, 0.25) is 0 Å². The van der Waals surface area contributed by atoms with E-state index in [0.717, 1.165) is 6.07 Å². The van der Waals surface area contributed by atoms with Crippen molar-refractivity contribution in [3.8, 4) is 0 Å². The lowest BCUT2D eigenvalue weighted by atomic mass is 10.1. The van der Waals surface area contributed by atoms with Gasteiger partial charge in [-0.05, 0) is 31.4 Å². The Balaban J connectivity index is 3.20. The first-order valence-corrected chi connectivity index (χ1v) is 8.88. The summed E-state index contributed by atoms with van der Waals surface area (Å²) >= 11 is 7.05. The smallest absolute Gasteiger partial charge is 0.385 e. The molecule has 0 fully saturated rings. The number of thioether (sulfide) groups is 1. The highest BCUT2D eigenvalue weighted by Crippen LogP contribution is 2.29. The standard InChI is InChI=1S/C11H12ClF3N2O3S2/c1-7(16-20-6-21-2)9-4-3-8(12)5-10(9)17-22(18,19)11(13,14)15/h3-5,17H,6H2,1-2H3/b16-7+. The molecule has 0 unspecified atom stereocenters. The van der Waals surface area contributed by atoms with E-state index in [4.69, 9.17) is 16.4 Å². The van der Waals surface area contributed by atoms with Crippen LogP contribution in [0.4, 0.5) is 18.9 Å². The lowest BCUT2D eigenvalue weighted by molar-refractivity contribution is -0.0429. The second-order valence-corrected chi connectivity index (χ2v) is 6.88. The molecule has 0 spiro atoms. The van der Waals surface area contributed by atoms with Crippen molar-refractivity contribution in [1.82, 2.24) is 0 Å². The number of sulfonamides is 1. The number of oxime groups is 1. The van der Waals surface area contributed by atoms with Gasteiger partial charge in [0, 0.05) is 10.6 Å². The van der Waals surface area contributed by atoms with Gasteiger partial charge < -0.3 is 4.84 Å². The summed E-state index contributed by atoms with van der Waals surface area (Å²) in [6.45, 7) is 1.47. The number of alkyl halides is 3. The van der Waals surface area contributed by atoms with Crippen LogP contribution >= 0.6 is 23.4 Å². The molecule has 0 amide bonds. The molecule has 0 bridgehead atoms. The summed E-state index contributed by atoms with van der Waals surface area (Å²) in [6.07, 6.45) is 1.77. The van der Waals surface area contributed by atoms with E-state index in [9.17, 15) is 21.6 Å². The first kappa shape index (κ1) is 18.9. The average Bonchev–Trinajstić information content (AvgIpc) is 2.37. The molecule has 124 valence electrons. The highest BCUT2D eigenvalue weighted by molar-refractivity contribution is 7.98. The molecule has 0 aliphatic heterocycles. The maximum atomic E-state index is 12.5. The minimum Gasteiger partial charge on any atom is -0.385 e. The van der Waals surface area contributed by atoms with Crippen molar-refractivity contribution in [2.75, 3.05) is 16.9 Å². The highest BCUT2D eigenvalue weighted by Gasteiger charge is 2.46. The molecule has 0 aliphatic carbocycles. The fraction of sp³-hybridized carbons (Fsp3) is 0.364. The van der Waals surface area contributed by atoms with Gasteiger partial charge in [-0.1, -0.05) is 16.8 Å². The van der Waals surface area contributed by atoms with Crippen LogP contribution in [0.5, 0.6) is 0 Å². The monoisotopic (exact) mass is 376 g/mol. The van der Waals surface area contributed by atoms with Crippen LogP contribution < -0.4 is 4.72 Å². The molecule has 1 aromatic carbocycles. The summed E-state index contributed by atoms with van der Waals surface area (Å²) in [5.41, 5.74) is -5.45. The van der Waals surface area contributed by atoms with Crippen molar-refractivity contribution in [1.29, 1.82) is 0 Å². The van der Waals surface area contributed by atoms with E-state index in [1.165, 1.54) is 35.5 Å². The number of hydrogen-bond acceptors (Lipinski definition) is 5. The van der Waals surface area contributed by atoms with Crippen molar-refractivity contribution < 1.29 is 26.4 Å². The van der Waals surface area contributed by atoms with Crippen LogP contribution in [-0.2, 0) is 14.9 Å². The number of benzene rings is 1. The molecule has 1 N–H and O–H groups in total. The summed E-state index contributed by atoms with van der Waals surface area (Å²) in [5.74, 6) is 0.245. The van der Waals surface area contributed by atoms with E-state index in [2.05, 4.69) is 5.16 Å². The molecule has 0 saturated carbocycles. The first-order chi connectivity index (χ1) is 10.1. The quantitative estimate of drug-likeness (QED) is 0.356. The van der Waals surface area contributed by atoms with Crippen molar-refractivity contribution in [2.24, 2.45) is 5.16 Å². The van der Waals surface area contributed by atoms with Gasteiger partial charge in [0.1, 0.15) is 0 Å². The first-order valence-electron chi connectivity index (χ1n) is 5.63. The second-order valence-electron chi connectivity index (χ2n) is 3.95. The molecule has 1 aromatic rings. The molecule has 22 heavy (non-hydrogen) atoms. The van der Waals surface area contributed by atoms with Crippen molar-refractivity contribution in [3.05, 3.63) is 28.8 Å². The van der Waals surface area contributed by atoms with Crippen LogP contribution in [0.15, 0.2) is 23.4 Å². The molecular weight excluding hydrogens is 365 g/mol. The summed E-state index contributed by atoms with van der Waals surface area (Å²) < 4.78 is 61.3. The number of rotatable bonds is 6. The number of hydrogen-bond donors (Lipinski definition) is 1. The van der Waals surface area contributed by atoms with Crippen LogP contribution in [-0.4, -0.2) is 31.8 Å². The van der Waals surface area contributed by atoms with E-state index in [0.29, 0.717) is 0 Å². The Hall–Kier alpha value is -1.13. The van der Waals surface area contributed by atoms with Crippen LogP contribution in [0.2, 0.25) is 5.02 Å². The van der Waals surface area contributed by atoms with Gasteiger partial charge >= 0.3 is 15.5 Å². The molecule has 0 aliphatic rings. The van der Waals surface area contributed by atoms with Gasteiger partial charge in [0.05, 0.1) is 11.4 Å². The molecule has 0 aromatic heterocycles. The number of nitrogens with one attached hydrogen (secondary N) is 1. The van der Waals surface area contributed by atoms with E-state index in [1.54, 1.807) is 6.26 Å². The largest absolute Gasteiger partial charge is 0.516 e. The molecule has 0 atom stereocenters.